The van der Waals surface area contributed by atoms with Crippen molar-refractivity contribution in [3.8, 4) is 0 Å². The van der Waals surface area contributed by atoms with Crippen LogP contribution in [0.4, 0.5) is 0 Å². The first kappa shape index (κ1) is 20.1. The molecule has 1 aromatic heterocycles. The van der Waals surface area contributed by atoms with Gasteiger partial charge in [-0.3, -0.25) is 4.79 Å². The van der Waals surface area contributed by atoms with E-state index in [2.05, 4.69) is 10.0 Å². The molecule has 2 rings (SSSR count). The summed E-state index contributed by atoms with van der Waals surface area (Å²) in [6.45, 7) is 1.97. The first-order valence-corrected chi connectivity index (χ1v) is 10.4. The van der Waals surface area contributed by atoms with Gasteiger partial charge in [-0.05, 0) is 36.1 Å². The van der Waals surface area contributed by atoms with Crippen LogP contribution in [-0.2, 0) is 21.4 Å². The Bertz CT molecular complexity index is 863. The Kier molecular flexibility index (Phi) is 6.90. The second-order valence-electron chi connectivity index (χ2n) is 5.58. The van der Waals surface area contributed by atoms with Gasteiger partial charge in [0.2, 0.25) is 10.0 Å². The van der Waals surface area contributed by atoms with Crippen molar-refractivity contribution in [1.29, 1.82) is 0 Å². The highest BCUT2D eigenvalue weighted by atomic mass is 32.2. The number of aliphatic carboxylic acids is 1. The monoisotopic (exact) mass is 396 g/mol. The highest BCUT2D eigenvalue weighted by Crippen LogP contribution is 2.14. The van der Waals surface area contributed by atoms with Crippen LogP contribution in [0.2, 0.25) is 0 Å². The number of hydrogen-bond donors (Lipinski definition) is 3. The fraction of sp³-hybridized carbons (Fsp3) is 0.294. The van der Waals surface area contributed by atoms with E-state index in [4.69, 9.17) is 5.11 Å². The SMILES string of the molecule is CCCC(NC(=O)c1cccc(S(=O)(=O)NCc2cccs2)c1)C(=O)O. The molecule has 1 atom stereocenters. The molecule has 26 heavy (non-hydrogen) atoms. The van der Waals surface area contributed by atoms with Crippen LogP contribution in [0.5, 0.6) is 0 Å². The third kappa shape index (κ3) is 5.38. The summed E-state index contributed by atoms with van der Waals surface area (Å²) in [7, 11) is -3.79. The average Bonchev–Trinajstić information content (AvgIpc) is 3.13. The number of nitrogens with one attached hydrogen (secondary N) is 2. The van der Waals surface area contributed by atoms with Crippen LogP contribution >= 0.6 is 11.3 Å². The van der Waals surface area contributed by atoms with E-state index in [0.717, 1.165) is 4.88 Å². The number of thiophene rings is 1. The minimum atomic E-state index is -3.79. The van der Waals surface area contributed by atoms with Gasteiger partial charge in [0, 0.05) is 17.0 Å². The number of carboxylic acids is 1. The lowest BCUT2D eigenvalue weighted by Crippen LogP contribution is -2.40. The molecule has 140 valence electrons. The molecule has 0 aliphatic carbocycles. The van der Waals surface area contributed by atoms with E-state index >= 15 is 0 Å². The van der Waals surface area contributed by atoms with Gasteiger partial charge >= 0.3 is 5.97 Å². The lowest BCUT2D eigenvalue weighted by atomic mass is 10.1. The van der Waals surface area contributed by atoms with Gasteiger partial charge in [-0.25, -0.2) is 17.9 Å². The van der Waals surface area contributed by atoms with Crippen LogP contribution in [0.1, 0.15) is 35.0 Å². The molecule has 0 spiro atoms. The molecule has 1 heterocycles. The van der Waals surface area contributed by atoms with E-state index in [0.29, 0.717) is 12.8 Å². The molecule has 0 saturated carbocycles. The molecule has 0 bridgehead atoms. The number of carbonyl (C=O) groups is 2. The quantitative estimate of drug-likeness (QED) is 0.601. The fourth-order valence-corrected chi connectivity index (χ4v) is 4.04. The Morgan fingerprint density at radius 3 is 2.62 bits per heavy atom. The van der Waals surface area contributed by atoms with Gasteiger partial charge in [0.15, 0.2) is 0 Å². The second kappa shape index (κ2) is 8.93. The van der Waals surface area contributed by atoms with E-state index in [-0.39, 0.29) is 17.0 Å². The summed E-state index contributed by atoms with van der Waals surface area (Å²) in [6, 6.07) is 8.14. The zero-order chi connectivity index (χ0) is 19.2. The third-order valence-corrected chi connectivity index (χ3v) is 5.88. The number of carboxylic acid groups (broad SMARTS) is 1. The summed E-state index contributed by atoms with van der Waals surface area (Å²) < 4.78 is 27.3. The molecule has 1 aromatic carbocycles. The second-order valence-corrected chi connectivity index (χ2v) is 8.38. The van der Waals surface area contributed by atoms with Crippen molar-refractivity contribution in [1.82, 2.24) is 10.0 Å². The maximum atomic E-state index is 12.4. The predicted molar refractivity (Wildman–Crippen MR) is 98.6 cm³/mol. The molecule has 0 radical (unpaired) electrons. The maximum Gasteiger partial charge on any atom is 0.326 e. The molecule has 0 aliphatic rings. The normalized spacial score (nSPS) is 12.5. The van der Waals surface area contributed by atoms with Crippen LogP contribution in [0, 0.1) is 0 Å². The number of benzene rings is 1. The molecule has 0 aliphatic heterocycles. The van der Waals surface area contributed by atoms with Crippen LogP contribution in [-0.4, -0.2) is 31.4 Å². The Labute approximate surface area is 156 Å². The first-order chi connectivity index (χ1) is 12.3. The molecule has 0 fully saturated rings. The van der Waals surface area contributed by atoms with Crippen molar-refractivity contribution in [3.05, 3.63) is 52.2 Å². The highest BCUT2D eigenvalue weighted by molar-refractivity contribution is 7.89. The number of rotatable bonds is 9. The molecule has 1 unspecified atom stereocenters. The van der Waals surface area contributed by atoms with E-state index in [9.17, 15) is 18.0 Å². The highest BCUT2D eigenvalue weighted by Gasteiger charge is 2.21. The molecule has 1 amide bonds. The number of carbonyl (C=O) groups excluding carboxylic acids is 1. The van der Waals surface area contributed by atoms with Crippen molar-refractivity contribution in [3.63, 3.8) is 0 Å². The predicted octanol–water partition coefficient (Wildman–Crippen LogP) is 2.21. The summed E-state index contributed by atoms with van der Waals surface area (Å²) in [4.78, 5) is 24.2. The van der Waals surface area contributed by atoms with Gasteiger partial charge in [0.25, 0.3) is 5.91 Å². The van der Waals surface area contributed by atoms with Gasteiger partial charge < -0.3 is 10.4 Å². The zero-order valence-electron chi connectivity index (χ0n) is 14.1. The van der Waals surface area contributed by atoms with Gasteiger partial charge in [0.1, 0.15) is 6.04 Å². The van der Waals surface area contributed by atoms with E-state index in [1.807, 2.05) is 24.4 Å². The first-order valence-electron chi connectivity index (χ1n) is 7.99. The Morgan fingerprint density at radius 2 is 2.00 bits per heavy atom. The molecule has 3 N–H and O–H groups in total. The smallest absolute Gasteiger partial charge is 0.326 e. The van der Waals surface area contributed by atoms with Crippen molar-refractivity contribution >= 4 is 33.2 Å². The van der Waals surface area contributed by atoms with E-state index < -0.39 is 27.9 Å². The van der Waals surface area contributed by atoms with Gasteiger partial charge in [-0.1, -0.05) is 25.5 Å². The van der Waals surface area contributed by atoms with E-state index in [1.54, 1.807) is 0 Å². The maximum absolute atomic E-state index is 12.4. The third-order valence-electron chi connectivity index (χ3n) is 3.60. The van der Waals surface area contributed by atoms with Crippen LogP contribution < -0.4 is 10.0 Å². The minimum absolute atomic E-state index is 0.0518. The van der Waals surface area contributed by atoms with Crippen molar-refractivity contribution in [2.75, 3.05) is 0 Å². The number of sulfonamides is 1. The van der Waals surface area contributed by atoms with Crippen LogP contribution in [0.15, 0.2) is 46.7 Å². The molecule has 2 aromatic rings. The minimum Gasteiger partial charge on any atom is -0.480 e. The zero-order valence-corrected chi connectivity index (χ0v) is 15.8. The summed E-state index contributed by atoms with van der Waals surface area (Å²) in [5.41, 5.74) is 0.0892. The van der Waals surface area contributed by atoms with Crippen molar-refractivity contribution in [2.45, 2.75) is 37.2 Å². The summed E-state index contributed by atoms with van der Waals surface area (Å²) in [5, 5.41) is 13.4. The molecular weight excluding hydrogens is 376 g/mol. The van der Waals surface area contributed by atoms with Gasteiger partial charge in [-0.2, -0.15) is 0 Å². The molecule has 9 heteroatoms. The Balaban J connectivity index is 2.13. The fourth-order valence-electron chi connectivity index (χ4n) is 2.25. The van der Waals surface area contributed by atoms with Gasteiger partial charge in [0.05, 0.1) is 4.90 Å². The van der Waals surface area contributed by atoms with Crippen molar-refractivity contribution in [2.24, 2.45) is 0 Å². The average molecular weight is 396 g/mol. The number of hydrogen-bond acceptors (Lipinski definition) is 5. The van der Waals surface area contributed by atoms with Crippen molar-refractivity contribution < 1.29 is 23.1 Å². The number of amides is 1. The lowest BCUT2D eigenvalue weighted by Gasteiger charge is -2.14. The Hall–Kier alpha value is -2.23. The van der Waals surface area contributed by atoms with Crippen LogP contribution in [0.3, 0.4) is 0 Å². The summed E-state index contributed by atoms with van der Waals surface area (Å²) in [6.07, 6.45) is 0.889. The summed E-state index contributed by atoms with van der Waals surface area (Å²) in [5.74, 6) is -1.75. The molecule has 0 saturated heterocycles. The molecule has 7 nitrogen and oxygen atoms in total. The lowest BCUT2D eigenvalue weighted by molar-refractivity contribution is -0.139. The summed E-state index contributed by atoms with van der Waals surface area (Å²) >= 11 is 1.43. The van der Waals surface area contributed by atoms with Crippen LogP contribution in [0.25, 0.3) is 0 Å². The largest absolute Gasteiger partial charge is 0.480 e. The standard InChI is InChI=1S/C17H20N2O5S2/c1-2-5-15(17(21)22)19-16(20)12-6-3-8-14(10-12)26(23,24)18-11-13-7-4-9-25-13/h3-4,6-10,15,18H,2,5,11H2,1H3,(H,19,20)(H,21,22). The van der Waals surface area contributed by atoms with E-state index in [1.165, 1.54) is 35.6 Å². The molecular formula is C17H20N2O5S2. The topological polar surface area (TPSA) is 113 Å². The van der Waals surface area contributed by atoms with Gasteiger partial charge in [-0.15, -0.1) is 11.3 Å². The Morgan fingerprint density at radius 1 is 1.23 bits per heavy atom.